The number of carbonyl (C=O) groups is 3. The van der Waals surface area contributed by atoms with Crippen LogP contribution in [0.2, 0.25) is 0 Å². The van der Waals surface area contributed by atoms with Crippen molar-refractivity contribution in [2.75, 3.05) is 0 Å². The van der Waals surface area contributed by atoms with Crippen LogP contribution in [0.4, 0.5) is 0 Å². The Labute approximate surface area is 348 Å². The van der Waals surface area contributed by atoms with E-state index in [1.54, 1.807) is 17.7 Å². The summed E-state index contributed by atoms with van der Waals surface area (Å²) in [6.07, 6.45) is 18.6. The molecule has 0 aromatic heterocycles. The first-order valence-electron chi connectivity index (χ1n) is 22.5. The van der Waals surface area contributed by atoms with Crippen molar-refractivity contribution >= 4 is 17.8 Å². The van der Waals surface area contributed by atoms with E-state index in [1.165, 1.54) is 51.4 Å². The van der Waals surface area contributed by atoms with E-state index < -0.39 is 18.0 Å². The van der Waals surface area contributed by atoms with Gasteiger partial charge in [-0.1, -0.05) is 109 Å². The lowest BCUT2D eigenvalue weighted by Gasteiger charge is -2.71. The molecule has 1 unspecified atom stereocenters. The van der Waals surface area contributed by atoms with Gasteiger partial charge in [-0.25, -0.2) is 9.59 Å². The zero-order chi connectivity index (χ0) is 41.7. The molecule has 0 heterocycles. The van der Waals surface area contributed by atoms with Crippen LogP contribution in [0.1, 0.15) is 160 Å². The van der Waals surface area contributed by atoms with Crippen LogP contribution in [0, 0.1) is 50.2 Å². The van der Waals surface area contributed by atoms with Gasteiger partial charge in [-0.05, 0) is 151 Å². The Kier molecular flexibility index (Phi) is 11.7. The molecule has 0 aliphatic heterocycles. The minimum Gasteiger partial charge on any atom is -0.480 e. The summed E-state index contributed by atoms with van der Waals surface area (Å²) in [4.78, 5) is 36.5. The first-order valence-corrected chi connectivity index (χ1v) is 22.5. The highest BCUT2D eigenvalue weighted by molar-refractivity contribution is 5.87. The molecule has 2 aromatic rings. The lowest BCUT2D eigenvalue weighted by atomic mass is 9.33. The fraction of sp³-hybridized carbons (Fsp3) is 0.667. The second kappa shape index (κ2) is 15.9. The Bertz CT molecular complexity index is 1870. The van der Waals surface area contributed by atoms with E-state index in [1.807, 2.05) is 42.5 Å². The zero-order valence-electron chi connectivity index (χ0n) is 36.5. The molecule has 0 radical (unpaired) electrons. The van der Waals surface area contributed by atoms with Gasteiger partial charge in [0.05, 0.1) is 18.3 Å². The first-order chi connectivity index (χ1) is 27.3. The number of benzene rings is 2. The number of rotatable bonds is 13. The van der Waals surface area contributed by atoms with Crippen LogP contribution >= 0.6 is 0 Å². The van der Waals surface area contributed by atoms with Crippen molar-refractivity contribution in [2.45, 2.75) is 164 Å². The largest absolute Gasteiger partial charge is 0.480 e. The molecule has 3 N–H and O–H groups in total. The molecule has 9 atom stereocenters. The van der Waals surface area contributed by atoms with Gasteiger partial charge in [0.25, 0.3) is 0 Å². The maximum Gasteiger partial charge on any atom is 0.335 e. The van der Waals surface area contributed by atoms with Crippen LogP contribution < -0.4 is 5.32 Å². The third kappa shape index (κ3) is 7.71. The van der Waals surface area contributed by atoms with Gasteiger partial charge in [0, 0.05) is 12.8 Å². The lowest BCUT2D eigenvalue weighted by Crippen LogP contribution is -2.64. The summed E-state index contributed by atoms with van der Waals surface area (Å²) in [6, 6.07) is 15.7. The molecule has 0 spiro atoms. The number of fused-ring (bicyclic) bond motifs is 7. The average molecular weight is 794 g/mol. The van der Waals surface area contributed by atoms with Crippen LogP contribution in [0.5, 0.6) is 0 Å². The highest BCUT2D eigenvalue weighted by Gasteiger charge is 2.68. The van der Waals surface area contributed by atoms with E-state index in [0.29, 0.717) is 41.8 Å². The number of allylic oxidation sites excluding steroid dienone is 2. The summed E-state index contributed by atoms with van der Waals surface area (Å²) < 4.78 is 6.73. The second-order valence-electron chi connectivity index (χ2n) is 21.6. The average Bonchev–Trinajstić information content (AvgIpc) is 3.17. The predicted molar refractivity (Wildman–Crippen MR) is 229 cm³/mol. The number of hydrogen-bond donors (Lipinski definition) is 3. The number of aliphatic carboxylic acids is 1. The highest BCUT2D eigenvalue weighted by atomic mass is 16.5. The monoisotopic (exact) mass is 794 g/mol. The van der Waals surface area contributed by atoms with Crippen LogP contribution in [0.15, 0.2) is 66.2 Å². The van der Waals surface area contributed by atoms with E-state index in [2.05, 4.69) is 59.9 Å². The molecule has 0 bridgehead atoms. The Morgan fingerprint density at radius 1 is 0.793 bits per heavy atom. The van der Waals surface area contributed by atoms with Gasteiger partial charge in [0.15, 0.2) is 0 Å². The Hall–Kier alpha value is -3.45. The molecule has 7 rings (SSSR count). The van der Waals surface area contributed by atoms with E-state index in [-0.39, 0.29) is 45.5 Å². The standard InChI is InChI=1S/C51H71NO6/c1-46(2)27-29-51(24-12-11-15-43(53)52-39(45(56)57)31-34-13-9-8-10-14-34)30-28-49(6)37(38(51)32-46)20-21-41-48(5)25-23-42(47(3,4)40(48)22-26-50(41,49)7)58-33-35-16-18-36(19-17-35)44(54)55/h8-10,13-14,16-20,38-42H,11-12,15,21-33H2,1-7H3,(H,52,53)(H,54,55)(H,56,57)/t38-,39?,40-,41+,42-,48-,49+,50+,51+/m0/s1. The summed E-state index contributed by atoms with van der Waals surface area (Å²) in [5.74, 6) is -0.288. The molecule has 7 heteroatoms. The lowest BCUT2D eigenvalue weighted by molar-refractivity contribution is -0.213. The molecule has 316 valence electrons. The molecule has 1 amide bonds. The molecule has 0 saturated heterocycles. The van der Waals surface area contributed by atoms with Crippen LogP contribution in [0.3, 0.4) is 0 Å². The molecule has 2 aromatic carbocycles. The van der Waals surface area contributed by atoms with Crippen molar-refractivity contribution in [3.63, 3.8) is 0 Å². The van der Waals surface area contributed by atoms with E-state index >= 15 is 0 Å². The Balaban J connectivity index is 1.04. The smallest absolute Gasteiger partial charge is 0.335 e. The summed E-state index contributed by atoms with van der Waals surface area (Å²) in [5, 5.41) is 22.0. The number of nitrogens with one attached hydrogen (secondary N) is 1. The minimum atomic E-state index is -0.988. The minimum absolute atomic E-state index is 0.0304. The Morgan fingerprint density at radius 3 is 2.19 bits per heavy atom. The third-order valence-electron chi connectivity index (χ3n) is 17.6. The van der Waals surface area contributed by atoms with Crippen molar-refractivity contribution in [3.8, 4) is 0 Å². The molecule has 7 nitrogen and oxygen atoms in total. The van der Waals surface area contributed by atoms with Gasteiger partial charge >= 0.3 is 11.9 Å². The van der Waals surface area contributed by atoms with E-state index in [4.69, 9.17) is 4.74 Å². The predicted octanol–water partition coefficient (Wildman–Crippen LogP) is 11.4. The fourth-order valence-corrected chi connectivity index (χ4v) is 14.1. The molecule has 4 fully saturated rings. The van der Waals surface area contributed by atoms with Crippen LogP contribution in [0.25, 0.3) is 0 Å². The molecule has 58 heavy (non-hydrogen) atoms. The van der Waals surface area contributed by atoms with Crippen molar-refractivity contribution in [1.82, 2.24) is 5.32 Å². The molecule has 4 saturated carbocycles. The molecule has 5 aliphatic rings. The third-order valence-corrected chi connectivity index (χ3v) is 17.6. The normalized spacial score (nSPS) is 35.2. The van der Waals surface area contributed by atoms with Crippen LogP contribution in [-0.2, 0) is 27.4 Å². The number of unbranched alkanes of at least 4 members (excludes halogenated alkanes) is 1. The van der Waals surface area contributed by atoms with Crippen molar-refractivity contribution < 1.29 is 29.3 Å². The van der Waals surface area contributed by atoms with Gasteiger partial charge in [-0.15, -0.1) is 0 Å². The number of carboxylic acid groups (broad SMARTS) is 2. The number of ether oxygens (including phenoxy) is 1. The second-order valence-corrected chi connectivity index (χ2v) is 21.6. The van der Waals surface area contributed by atoms with Gasteiger partial charge in [0.1, 0.15) is 6.04 Å². The SMILES string of the molecule is CC1(C)CC[C@]2(CCCCC(=O)NC(Cc3ccccc3)C(=O)O)CC[C@]3(C)C(=CC[C@@H]4[C@@]5(C)CC[C@H](OCc6ccc(C(=O)O)cc6)C(C)(C)[C@@H]5CC[C@]43C)[C@@H]2C1. The van der Waals surface area contributed by atoms with Gasteiger partial charge in [0.2, 0.25) is 5.91 Å². The van der Waals surface area contributed by atoms with E-state index in [0.717, 1.165) is 43.2 Å². The molecule has 5 aliphatic carbocycles. The summed E-state index contributed by atoms with van der Waals surface area (Å²) >= 11 is 0. The van der Waals surface area contributed by atoms with Gasteiger partial charge < -0.3 is 20.3 Å². The summed E-state index contributed by atoms with van der Waals surface area (Å²) in [6.45, 7) is 18.4. The number of carboxylic acids is 2. The molecular formula is C51H71NO6. The van der Waals surface area contributed by atoms with Crippen LogP contribution in [-0.4, -0.2) is 40.2 Å². The van der Waals surface area contributed by atoms with E-state index in [9.17, 15) is 24.6 Å². The maximum atomic E-state index is 13.1. The maximum absolute atomic E-state index is 13.1. The zero-order valence-corrected chi connectivity index (χ0v) is 36.5. The number of hydrogen-bond acceptors (Lipinski definition) is 4. The van der Waals surface area contributed by atoms with Crippen molar-refractivity contribution in [3.05, 3.63) is 82.9 Å². The van der Waals surface area contributed by atoms with Gasteiger partial charge in [-0.2, -0.15) is 0 Å². The first kappa shape index (κ1) is 42.7. The van der Waals surface area contributed by atoms with Gasteiger partial charge in [-0.3, -0.25) is 4.79 Å². The van der Waals surface area contributed by atoms with Crippen molar-refractivity contribution in [1.29, 1.82) is 0 Å². The molecular weight excluding hydrogens is 723 g/mol. The summed E-state index contributed by atoms with van der Waals surface area (Å²) in [7, 11) is 0. The Morgan fingerprint density at radius 2 is 1.50 bits per heavy atom. The number of amides is 1. The van der Waals surface area contributed by atoms with Crippen molar-refractivity contribution in [2.24, 2.45) is 50.2 Å². The summed E-state index contributed by atoms with van der Waals surface area (Å²) in [5.41, 5.74) is 5.23. The highest BCUT2D eigenvalue weighted by Crippen LogP contribution is 2.76. The fourth-order valence-electron chi connectivity index (χ4n) is 14.1. The number of aromatic carboxylic acids is 1. The quantitative estimate of drug-likeness (QED) is 0.137. The number of carbonyl (C=O) groups excluding carboxylic acids is 1. The topological polar surface area (TPSA) is 113 Å².